The first-order valence-electron chi connectivity index (χ1n) is 9.47. The van der Waals surface area contributed by atoms with Crippen LogP contribution in [0.1, 0.15) is 41.8 Å². The van der Waals surface area contributed by atoms with Gasteiger partial charge in [-0.3, -0.25) is 23.9 Å². The fourth-order valence-electron chi connectivity index (χ4n) is 4.26. The molecular formula is C23H22N2O3. The second-order valence-corrected chi connectivity index (χ2v) is 7.28. The molecular weight excluding hydrogens is 352 g/mol. The summed E-state index contributed by atoms with van der Waals surface area (Å²) in [5.74, 6) is -0.475. The maximum absolute atomic E-state index is 13.1. The number of hydrogen-bond acceptors (Lipinski definition) is 3. The first-order chi connectivity index (χ1) is 13.4. The van der Waals surface area contributed by atoms with E-state index in [-0.39, 0.29) is 17.7 Å². The predicted molar refractivity (Wildman–Crippen MR) is 108 cm³/mol. The highest BCUT2D eigenvalue weighted by molar-refractivity contribution is 6.16. The van der Waals surface area contributed by atoms with Crippen LogP contribution in [-0.2, 0) is 16.0 Å². The van der Waals surface area contributed by atoms with E-state index < -0.39 is 0 Å². The van der Waals surface area contributed by atoms with Crippen molar-refractivity contribution in [1.29, 1.82) is 0 Å². The van der Waals surface area contributed by atoms with Crippen LogP contribution in [0, 0.1) is 6.92 Å². The number of carbonyl (C=O) groups is 3. The van der Waals surface area contributed by atoms with Crippen molar-refractivity contribution < 1.29 is 14.4 Å². The number of para-hydroxylation sites is 1. The summed E-state index contributed by atoms with van der Waals surface area (Å²) >= 11 is 0. The van der Waals surface area contributed by atoms with Gasteiger partial charge >= 0.3 is 0 Å². The third-order valence-electron chi connectivity index (χ3n) is 5.48. The molecule has 0 aliphatic carbocycles. The molecule has 1 aliphatic heterocycles. The molecule has 1 aliphatic rings. The molecule has 3 aromatic rings. The van der Waals surface area contributed by atoms with Crippen molar-refractivity contribution in [2.45, 2.75) is 33.6 Å². The fourth-order valence-corrected chi connectivity index (χ4v) is 4.26. The lowest BCUT2D eigenvalue weighted by Gasteiger charge is -2.16. The third-order valence-corrected chi connectivity index (χ3v) is 5.48. The average Bonchev–Trinajstić information content (AvgIpc) is 3.13. The Bertz CT molecular complexity index is 1130. The van der Waals surface area contributed by atoms with Gasteiger partial charge < -0.3 is 0 Å². The van der Waals surface area contributed by atoms with Crippen LogP contribution in [0.3, 0.4) is 0 Å². The monoisotopic (exact) mass is 374 g/mol. The van der Waals surface area contributed by atoms with Crippen molar-refractivity contribution in [3.8, 4) is 11.3 Å². The Morgan fingerprint density at radius 3 is 2.32 bits per heavy atom. The minimum Gasteiger partial charge on any atom is -0.283 e. The van der Waals surface area contributed by atoms with E-state index in [4.69, 9.17) is 0 Å². The zero-order chi connectivity index (χ0) is 20.0. The summed E-state index contributed by atoms with van der Waals surface area (Å²) in [6, 6.07) is 13.8. The summed E-state index contributed by atoms with van der Waals surface area (Å²) < 4.78 is 1.83. The minimum absolute atomic E-state index is 0.00486. The molecule has 0 fully saturated rings. The van der Waals surface area contributed by atoms with Crippen LogP contribution in [0.25, 0.3) is 22.2 Å². The van der Waals surface area contributed by atoms with Crippen molar-refractivity contribution in [3.05, 3.63) is 59.2 Å². The molecule has 2 amide bonds. The number of imide groups is 1. The third kappa shape index (κ3) is 2.66. The molecule has 2 heterocycles. The van der Waals surface area contributed by atoms with Crippen LogP contribution >= 0.6 is 0 Å². The lowest BCUT2D eigenvalue weighted by molar-refractivity contribution is -0.142. The van der Waals surface area contributed by atoms with Gasteiger partial charge in [0.05, 0.1) is 11.2 Å². The number of amides is 2. The van der Waals surface area contributed by atoms with Gasteiger partial charge in [-0.1, -0.05) is 36.4 Å². The number of rotatable bonds is 4. The normalized spacial score (nSPS) is 12.2. The molecule has 0 saturated heterocycles. The van der Waals surface area contributed by atoms with Crippen molar-refractivity contribution in [2.24, 2.45) is 0 Å². The standard InChI is InChI=1S/C23H22N2O3/c1-14-8-6-11-17-18(12-7-13-24(15(2)26)16(3)27)22-19-9-4-5-10-20(19)23(28)25(22)21(14)17/h4-6,8-11H,7,12-13H2,1-3H3. The maximum Gasteiger partial charge on any atom is 0.263 e. The summed E-state index contributed by atoms with van der Waals surface area (Å²) in [5, 5.41) is 1.06. The van der Waals surface area contributed by atoms with E-state index >= 15 is 0 Å². The smallest absolute Gasteiger partial charge is 0.263 e. The first-order valence-corrected chi connectivity index (χ1v) is 9.47. The molecule has 4 rings (SSSR count). The van der Waals surface area contributed by atoms with E-state index in [2.05, 4.69) is 0 Å². The van der Waals surface area contributed by atoms with Gasteiger partial charge in [0, 0.05) is 36.9 Å². The van der Waals surface area contributed by atoms with E-state index in [1.807, 2.05) is 54.0 Å². The molecule has 28 heavy (non-hydrogen) atoms. The largest absolute Gasteiger partial charge is 0.283 e. The molecule has 0 radical (unpaired) electrons. The van der Waals surface area contributed by atoms with Gasteiger partial charge in [-0.15, -0.1) is 0 Å². The number of benzene rings is 2. The maximum atomic E-state index is 13.1. The Morgan fingerprint density at radius 1 is 0.964 bits per heavy atom. The van der Waals surface area contributed by atoms with Crippen LogP contribution in [0.4, 0.5) is 0 Å². The number of aryl methyl sites for hydroxylation is 2. The molecule has 0 bridgehead atoms. The molecule has 2 aromatic carbocycles. The number of nitrogens with zero attached hydrogens (tertiary/aromatic N) is 2. The highest BCUT2D eigenvalue weighted by Gasteiger charge is 2.32. The molecule has 0 saturated carbocycles. The Labute approximate surface area is 163 Å². The molecule has 5 heteroatoms. The van der Waals surface area contributed by atoms with E-state index in [9.17, 15) is 14.4 Å². The van der Waals surface area contributed by atoms with Gasteiger partial charge in [-0.05, 0) is 37.0 Å². The Hall–Kier alpha value is -3.21. The Kier molecular flexibility index (Phi) is 4.38. The van der Waals surface area contributed by atoms with Crippen LogP contribution in [-0.4, -0.2) is 33.7 Å². The van der Waals surface area contributed by atoms with Crippen LogP contribution in [0.2, 0.25) is 0 Å². The molecule has 142 valence electrons. The molecule has 0 spiro atoms. The summed E-state index contributed by atoms with van der Waals surface area (Å²) in [6.07, 6.45) is 1.33. The van der Waals surface area contributed by atoms with Crippen molar-refractivity contribution in [3.63, 3.8) is 0 Å². The molecule has 1 aromatic heterocycles. The molecule has 0 N–H and O–H groups in total. The van der Waals surface area contributed by atoms with Crippen LogP contribution in [0.15, 0.2) is 42.5 Å². The number of fused-ring (bicyclic) bond motifs is 5. The SMILES string of the molecule is CC(=O)N(CCCc1c2n(c3c(C)cccc13)C(=O)c1ccccc1-2)C(C)=O. The molecule has 5 nitrogen and oxygen atoms in total. The van der Waals surface area contributed by atoms with Gasteiger partial charge in [0.25, 0.3) is 5.91 Å². The lowest BCUT2D eigenvalue weighted by Crippen LogP contribution is -2.34. The quantitative estimate of drug-likeness (QED) is 0.543. The van der Waals surface area contributed by atoms with E-state index in [1.54, 1.807) is 0 Å². The van der Waals surface area contributed by atoms with Crippen LogP contribution in [0.5, 0.6) is 0 Å². The molecule has 0 unspecified atom stereocenters. The second kappa shape index (κ2) is 6.75. The number of carbonyl (C=O) groups excluding carboxylic acids is 3. The van der Waals surface area contributed by atoms with Gasteiger partial charge in [-0.25, -0.2) is 0 Å². The molecule has 0 atom stereocenters. The van der Waals surface area contributed by atoms with Gasteiger partial charge in [0.2, 0.25) is 11.8 Å². The summed E-state index contributed by atoms with van der Waals surface area (Å²) in [7, 11) is 0. The summed E-state index contributed by atoms with van der Waals surface area (Å²) in [5.41, 5.74) is 5.72. The average molecular weight is 374 g/mol. The van der Waals surface area contributed by atoms with Crippen molar-refractivity contribution in [1.82, 2.24) is 9.47 Å². The van der Waals surface area contributed by atoms with E-state index in [1.165, 1.54) is 18.7 Å². The van der Waals surface area contributed by atoms with Gasteiger partial charge in [-0.2, -0.15) is 0 Å². The van der Waals surface area contributed by atoms with Crippen LogP contribution < -0.4 is 0 Å². The lowest BCUT2D eigenvalue weighted by atomic mass is 9.98. The van der Waals surface area contributed by atoms with Crippen molar-refractivity contribution >= 4 is 28.6 Å². The van der Waals surface area contributed by atoms with Gasteiger partial charge in [0.15, 0.2) is 0 Å². The number of hydrogen-bond donors (Lipinski definition) is 0. The summed E-state index contributed by atoms with van der Waals surface area (Å²) in [4.78, 5) is 37.7. The first kappa shape index (κ1) is 18.2. The fraction of sp³-hybridized carbons (Fsp3) is 0.261. The minimum atomic E-state index is -0.240. The highest BCUT2D eigenvalue weighted by Crippen LogP contribution is 2.42. The highest BCUT2D eigenvalue weighted by atomic mass is 16.2. The van der Waals surface area contributed by atoms with Crippen molar-refractivity contribution in [2.75, 3.05) is 6.54 Å². The van der Waals surface area contributed by atoms with E-state index in [0.29, 0.717) is 19.4 Å². The predicted octanol–water partition coefficient (Wildman–Crippen LogP) is 3.95. The summed E-state index contributed by atoms with van der Waals surface area (Å²) in [6.45, 7) is 5.21. The second-order valence-electron chi connectivity index (χ2n) is 7.28. The zero-order valence-corrected chi connectivity index (χ0v) is 16.3. The Morgan fingerprint density at radius 2 is 1.64 bits per heavy atom. The van der Waals surface area contributed by atoms with E-state index in [0.717, 1.165) is 38.9 Å². The number of aromatic nitrogens is 1. The van der Waals surface area contributed by atoms with Gasteiger partial charge in [0.1, 0.15) is 0 Å². The zero-order valence-electron chi connectivity index (χ0n) is 16.3. The topological polar surface area (TPSA) is 59.4 Å². The Balaban J connectivity index is 1.80.